The minimum Gasteiger partial charge on any atom is -0.496 e. The summed E-state index contributed by atoms with van der Waals surface area (Å²) in [6.07, 6.45) is 0. The Bertz CT molecular complexity index is 729. The third-order valence-electron chi connectivity index (χ3n) is 3.18. The van der Waals surface area contributed by atoms with Crippen molar-refractivity contribution in [3.05, 3.63) is 46.0 Å². The van der Waals surface area contributed by atoms with Gasteiger partial charge < -0.3 is 13.9 Å². The molecular formula is C16H13IO3. The average molecular weight is 380 g/mol. The number of hydrogen-bond donors (Lipinski definition) is 0. The molecule has 1 heterocycles. The van der Waals surface area contributed by atoms with Crippen LogP contribution in [0.25, 0.3) is 22.3 Å². The number of hydrogen-bond acceptors (Lipinski definition) is 3. The second kappa shape index (κ2) is 5.36. The first-order valence-electron chi connectivity index (χ1n) is 6.14. The molecule has 0 saturated heterocycles. The largest absolute Gasteiger partial charge is 0.496 e. The molecule has 0 radical (unpaired) electrons. The second-order valence-corrected chi connectivity index (χ2v) is 5.39. The molecule has 0 N–H and O–H groups in total. The van der Waals surface area contributed by atoms with E-state index in [0.717, 1.165) is 37.4 Å². The fourth-order valence-electron chi connectivity index (χ4n) is 2.20. The van der Waals surface area contributed by atoms with Gasteiger partial charge in [-0.25, -0.2) is 0 Å². The molecule has 0 aliphatic carbocycles. The van der Waals surface area contributed by atoms with E-state index in [-0.39, 0.29) is 0 Å². The maximum atomic E-state index is 5.94. The van der Waals surface area contributed by atoms with Crippen LogP contribution in [0.1, 0.15) is 0 Å². The van der Waals surface area contributed by atoms with Gasteiger partial charge in [-0.15, -0.1) is 0 Å². The Balaban J connectivity index is 2.26. The molecule has 20 heavy (non-hydrogen) atoms. The molecule has 0 atom stereocenters. The SMILES string of the molecule is COc1ccc(OC)c(-c2cc3ccccc3o2)c1I. The van der Waals surface area contributed by atoms with Gasteiger partial charge in [0.05, 0.1) is 23.4 Å². The Labute approximate surface area is 130 Å². The van der Waals surface area contributed by atoms with Crippen LogP contribution in [0.4, 0.5) is 0 Å². The summed E-state index contributed by atoms with van der Waals surface area (Å²) in [6, 6.07) is 13.8. The van der Waals surface area contributed by atoms with Crippen molar-refractivity contribution in [2.45, 2.75) is 0 Å². The Morgan fingerprint density at radius 3 is 2.35 bits per heavy atom. The standard InChI is InChI=1S/C16H13IO3/c1-18-12-7-8-13(19-2)16(17)15(12)14-9-10-5-3-4-6-11(10)20-14/h3-9H,1-2H3. The smallest absolute Gasteiger partial charge is 0.140 e. The maximum Gasteiger partial charge on any atom is 0.140 e. The van der Waals surface area contributed by atoms with Gasteiger partial charge in [-0.2, -0.15) is 0 Å². The first-order valence-corrected chi connectivity index (χ1v) is 7.22. The number of benzene rings is 2. The zero-order valence-electron chi connectivity index (χ0n) is 11.1. The zero-order valence-corrected chi connectivity index (χ0v) is 13.3. The molecule has 102 valence electrons. The number of para-hydroxylation sites is 1. The predicted octanol–water partition coefficient (Wildman–Crippen LogP) is 4.72. The van der Waals surface area contributed by atoms with Crippen molar-refractivity contribution in [3.63, 3.8) is 0 Å². The van der Waals surface area contributed by atoms with E-state index < -0.39 is 0 Å². The molecule has 2 aromatic carbocycles. The number of methoxy groups -OCH3 is 2. The summed E-state index contributed by atoms with van der Waals surface area (Å²) >= 11 is 2.25. The van der Waals surface area contributed by atoms with Crippen LogP contribution in [0.3, 0.4) is 0 Å². The van der Waals surface area contributed by atoms with Gasteiger partial charge in [0.15, 0.2) is 0 Å². The molecule has 0 aliphatic rings. The summed E-state index contributed by atoms with van der Waals surface area (Å²) in [7, 11) is 3.32. The van der Waals surface area contributed by atoms with Gasteiger partial charge in [0.2, 0.25) is 0 Å². The molecule has 0 saturated carbocycles. The number of halogens is 1. The molecular weight excluding hydrogens is 367 g/mol. The Morgan fingerprint density at radius 1 is 0.950 bits per heavy atom. The van der Waals surface area contributed by atoms with E-state index >= 15 is 0 Å². The van der Waals surface area contributed by atoms with E-state index in [1.165, 1.54) is 0 Å². The van der Waals surface area contributed by atoms with E-state index in [1.54, 1.807) is 14.2 Å². The number of fused-ring (bicyclic) bond motifs is 1. The van der Waals surface area contributed by atoms with E-state index in [2.05, 4.69) is 22.6 Å². The third-order valence-corrected chi connectivity index (χ3v) is 4.25. The molecule has 0 unspecified atom stereocenters. The molecule has 0 fully saturated rings. The minimum absolute atomic E-state index is 0.772. The fraction of sp³-hybridized carbons (Fsp3) is 0.125. The van der Waals surface area contributed by atoms with Crippen molar-refractivity contribution < 1.29 is 13.9 Å². The molecule has 0 bridgehead atoms. The monoisotopic (exact) mass is 380 g/mol. The van der Waals surface area contributed by atoms with Crippen molar-refractivity contribution in [2.24, 2.45) is 0 Å². The van der Waals surface area contributed by atoms with Crippen LogP contribution >= 0.6 is 22.6 Å². The van der Waals surface area contributed by atoms with Crippen molar-refractivity contribution in [1.82, 2.24) is 0 Å². The zero-order chi connectivity index (χ0) is 14.1. The highest BCUT2D eigenvalue weighted by atomic mass is 127. The number of ether oxygens (including phenoxy) is 2. The summed E-state index contributed by atoms with van der Waals surface area (Å²) in [4.78, 5) is 0. The lowest BCUT2D eigenvalue weighted by Crippen LogP contribution is -1.94. The second-order valence-electron chi connectivity index (χ2n) is 4.31. The van der Waals surface area contributed by atoms with Gasteiger partial charge in [0.1, 0.15) is 22.8 Å². The molecule has 0 aliphatic heterocycles. The van der Waals surface area contributed by atoms with Crippen molar-refractivity contribution >= 4 is 33.6 Å². The topological polar surface area (TPSA) is 31.6 Å². The summed E-state index contributed by atoms with van der Waals surface area (Å²) in [5.41, 5.74) is 1.78. The minimum atomic E-state index is 0.772. The fourth-order valence-corrected chi connectivity index (χ4v) is 3.13. The van der Waals surface area contributed by atoms with Crippen LogP contribution in [0, 0.1) is 3.57 Å². The highest BCUT2D eigenvalue weighted by Gasteiger charge is 2.18. The molecule has 4 heteroatoms. The summed E-state index contributed by atoms with van der Waals surface area (Å²) < 4.78 is 17.7. The Hall–Kier alpha value is -1.69. The van der Waals surface area contributed by atoms with E-state index in [0.29, 0.717) is 0 Å². The average Bonchev–Trinajstić information content (AvgIpc) is 2.90. The Morgan fingerprint density at radius 2 is 1.65 bits per heavy atom. The van der Waals surface area contributed by atoms with Gasteiger partial charge in [-0.1, -0.05) is 18.2 Å². The first-order chi connectivity index (χ1) is 9.74. The summed E-state index contributed by atoms with van der Waals surface area (Å²) in [5.74, 6) is 2.36. The third kappa shape index (κ3) is 2.14. The number of furan rings is 1. The van der Waals surface area contributed by atoms with Crippen molar-refractivity contribution in [2.75, 3.05) is 14.2 Å². The summed E-state index contributed by atoms with van der Waals surface area (Å²) in [6.45, 7) is 0. The Kier molecular flexibility index (Phi) is 3.56. The van der Waals surface area contributed by atoms with Crippen LogP contribution in [0.5, 0.6) is 11.5 Å². The van der Waals surface area contributed by atoms with Gasteiger partial charge in [0.25, 0.3) is 0 Å². The van der Waals surface area contributed by atoms with Crippen LogP contribution in [-0.2, 0) is 0 Å². The van der Waals surface area contributed by atoms with E-state index in [4.69, 9.17) is 13.9 Å². The number of rotatable bonds is 3. The lowest BCUT2D eigenvalue weighted by molar-refractivity contribution is 0.401. The molecule has 0 amide bonds. The van der Waals surface area contributed by atoms with E-state index in [9.17, 15) is 0 Å². The van der Waals surface area contributed by atoms with Crippen LogP contribution in [0.2, 0.25) is 0 Å². The first kappa shape index (κ1) is 13.3. The van der Waals surface area contributed by atoms with Gasteiger partial charge in [-0.05, 0) is 46.9 Å². The molecule has 1 aromatic heterocycles. The van der Waals surface area contributed by atoms with Crippen molar-refractivity contribution in [1.29, 1.82) is 0 Å². The van der Waals surface area contributed by atoms with Gasteiger partial charge in [0, 0.05) is 5.39 Å². The molecule has 3 rings (SSSR count). The van der Waals surface area contributed by atoms with Crippen LogP contribution in [0.15, 0.2) is 46.9 Å². The normalized spacial score (nSPS) is 10.8. The molecule has 3 aromatic rings. The lowest BCUT2D eigenvalue weighted by Gasteiger charge is -2.11. The van der Waals surface area contributed by atoms with Crippen LogP contribution < -0.4 is 9.47 Å². The lowest BCUT2D eigenvalue weighted by atomic mass is 10.1. The van der Waals surface area contributed by atoms with Crippen LogP contribution in [-0.4, -0.2) is 14.2 Å². The molecule has 0 spiro atoms. The summed E-state index contributed by atoms with van der Waals surface area (Å²) in [5, 5.41) is 1.07. The van der Waals surface area contributed by atoms with Gasteiger partial charge in [-0.3, -0.25) is 0 Å². The van der Waals surface area contributed by atoms with E-state index in [1.807, 2.05) is 42.5 Å². The van der Waals surface area contributed by atoms with Crippen molar-refractivity contribution in [3.8, 4) is 22.8 Å². The highest BCUT2D eigenvalue weighted by molar-refractivity contribution is 14.1. The highest BCUT2D eigenvalue weighted by Crippen LogP contribution is 2.41. The molecule has 3 nitrogen and oxygen atoms in total. The quantitative estimate of drug-likeness (QED) is 0.617. The predicted molar refractivity (Wildman–Crippen MR) is 87.5 cm³/mol. The van der Waals surface area contributed by atoms with Gasteiger partial charge >= 0.3 is 0 Å². The maximum absolute atomic E-state index is 5.94.